The van der Waals surface area contributed by atoms with Gasteiger partial charge in [-0.05, 0) is 43.9 Å². The molecule has 1 saturated carbocycles. The lowest BCUT2D eigenvalue weighted by molar-refractivity contribution is 0.107. The van der Waals surface area contributed by atoms with Gasteiger partial charge in [0.25, 0.3) is 0 Å². The highest BCUT2D eigenvalue weighted by atomic mass is 35.5. The van der Waals surface area contributed by atoms with Crippen LogP contribution in [0.4, 0.5) is 24.0 Å². The predicted molar refractivity (Wildman–Crippen MR) is 167 cm³/mol. The van der Waals surface area contributed by atoms with E-state index in [0.29, 0.717) is 30.7 Å². The van der Waals surface area contributed by atoms with E-state index >= 15 is 4.39 Å². The molecule has 0 unspecified atom stereocenters. The summed E-state index contributed by atoms with van der Waals surface area (Å²) in [5.74, 6) is -0.776. The van der Waals surface area contributed by atoms with Crippen molar-refractivity contribution < 1.29 is 22.6 Å². The molecule has 45 heavy (non-hydrogen) atoms. The number of alkyl halides is 1. The zero-order valence-electron chi connectivity index (χ0n) is 24.1. The molecule has 2 saturated heterocycles. The Balaban J connectivity index is 1.34. The highest BCUT2D eigenvalue weighted by molar-refractivity contribution is 7.23. The summed E-state index contributed by atoms with van der Waals surface area (Å²) in [6.07, 6.45) is 2.61. The van der Waals surface area contributed by atoms with E-state index in [4.69, 9.17) is 37.5 Å². The van der Waals surface area contributed by atoms with Gasteiger partial charge in [-0.3, -0.25) is 4.90 Å². The van der Waals surface area contributed by atoms with Crippen molar-refractivity contribution in [2.45, 2.75) is 55.9 Å². The number of aromatic nitrogens is 2. The van der Waals surface area contributed by atoms with Crippen molar-refractivity contribution in [2.24, 2.45) is 5.73 Å². The van der Waals surface area contributed by atoms with Gasteiger partial charge in [0, 0.05) is 36.0 Å². The largest absolute Gasteiger partial charge is 0.489 e. The first kappa shape index (κ1) is 28.9. The van der Waals surface area contributed by atoms with Gasteiger partial charge in [-0.25, -0.2) is 13.2 Å². The van der Waals surface area contributed by atoms with Gasteiger partial charge in [0.05, 0.1) is 32.8 Å². The van der Waals surface area contributed by atoms with Gasteiger partial charge in [0.1, 0.15) is 47.6 Å². The Hall–Kier alpha value is -3.57. The first-order chi connectivity index (χ1) is 21.7. The molecule has 3 fully saturated rings. The van der Waals surface area contributed by atoms with Gasteiger partial charge >= 0.3 is 6.01 Å². The fourth-order valence-corrected chi connectivity index (χ4v) is 8.91. The number of ether oxygens (including phenoxy) is 2. The summed E-state index contributed by atoms with van der Waals surface area (Å²) in [4.78, 5) is 13.5. The summed E-state index contributed by atoms with van der Waals surface area (Å²) >= 11 is 7.88. The number of rotatable bonds is 5. The maximum absolute atomic E-state index is 17.0. The number of hydrogen-bond acceptors (Lipinski definition) is 10. The van der Waals surface area contributed by atoms with E-state index < -0.39 is 23.3 Å². The molecule has 3 aliphatic heterocycles. The van der Waals surface area contributed by atoms with Crippen molar-refractivity contribution in [3.05, 3.63) is 34.4 Å². The molecule has 0 amide bonds. The second-order valence-corrected chi connectivity index (χ2v) is 13.9. The van der Waals surface area contributed by atoms with Crippen molar-refractivity contribution in [1.82, 2.24) is 14.9 Å². The lowest BCUT2D eigenvalue weighted by Crippen LogP contribution is -2.52. The van der Waals surface area contributed by atoms with E-state index in [1.165, 1.54) is 12.1 Å². The minimum absolute atomic E-state index is 0.0369. The van der Waals surface area contributed by atoms with Gasteiger partial charge < -0.3 is 25.8 Å². The van der Waals surface area contributed by atoms with Crippen LogP contribution in [0.2, 0.25) is 5.02 Å². The van der Waals surface area contributed by atoms with Crippen LogP contribution in [0, 0.1) is 23.0 Å². The summed E-state index contributed by atoms with van der Waals surface area (Å²) in [5.41, 5.74) is 11.8. The lowest BCUT2D eigenvalue weighted by atomic mass is 9.86. The maximum Gasteiger partial charge on any atom is 0.319 e. The van der Waals surface area contributed by atoms with E-state index in [0.717, 1.165) is 43.6 Å². The van der Waals surface area contributed by atoms with Crippen LogP contribution in [0.1, 0.15) is 37.7 Å². The van der Waals surface area contributed by atoms with E-state index in [1.807, 2.05) is 11.0 Å². The molecule has 234 valence electrons. The number of nitrogens with zero attached hydrogens (tertiary/aromatic N) is 5. The molecule has 14 heteroatoms. The molecular weight excluding hydrogens is 627 g/mol. The summed E-state index contributed by atoms with van der Waals surface area (Å²) in [6.45, 7) is 1.99. The van der Waals surface area contributed by atoms with Gasteiger partial charge in [-0.15, -0.1) is 11.3 Å². The molecule has 4 aliphatic rings. The van der Waals surface area contributed by atoms with Crippen molar-refractivity contribution in [3.63, 3.8) is 0 Å². The van der Waals surface area contributed by atoms with Gasteiger partial charge in [-0.1, -0.05) is 17.7 Å². The molecular formula is C31H29ClF3N7O2S. The molecule has 2 aromatic carbocycles. The quantitative estimate of drug-likeness (QED) is 0.285. The summed E-state index contributed by atoms with van der Waals surface area (Å²) in [6, 6.07) is 4.66. The van der Waals surface area contributed by atoms with Crippen molar-refractivity contribution in [1.29, 1.82) is 5.26 Å². The Kier molecular flexibility index (Phi) is 6.73. The Bertz CT molecular complexity index is 1930. The predicted octanol–water partition coefficient (Wildman–Crippen LogP) is 5.54. The first-order valence-corrected chi connectivity index (χ1v) is 16.2. The summed E-state index contributed by atoms with van der Waals surface area (Å²) < 4.78 is 58.9. The topological polar surface area (TPSA) is 127 Å². The minimum atomic E-state index is -0.937. The number of benzene rings is 2. The molecule has 8 rings (SSSR count). The van der Waals surface area contributed by atoms with Gasteiger partial charge in [0.2, 0.25) is 0 Å². The van der Waals surface area contributed by atoms with Crippen LogP contribution >= 0.6 is 22.9 Å². The lowest BCUT2D eigenvalue weighted by Gasteiger charge is -2.41. The van der Waals surface area contributed by atoms with Crippen molar-refractivity contribution in [3.8, 4) is 29.0 Å². The molecule has 1 aliphatic carbocycles. The van der Waals surface area contributed by atoms with Crippen LogP contribution in [0.25, 0.3) is 32.1 Å². The second kappa shape index (κ2) is 10.5. The van der Waals surface area contributed by atoms with Crippen LogP contribution in [0.3, 0.4) is 0 Å². The monoisotopic (exact) mass is 655 g/mol. The summed E-state index contributed by atoms with van der Waals surface area (Å²) in [7, 11) is 0. The normalized spacial score (nSPS) is 26.0. The van der Waals surface area contributed by atoms with Gasteiger partial charge in [-0.2, -0.15) is 15.2 Å². The van der Waals surface area contributed by atoms with E-state index in [1.54, 1.807) is 0 Å². The Labute approximate surface area is 265 Å². The number of anilines is 2. The summed E-state index contributed by atoms with van der Waals surface area (Å²) in [5, 5.41) is 10.4. The number of halogens is 4. The minimum Gasteiger partial charge on any atom is -0.489 e. The van der Waals surface area contributed by atoms with E-state index in [-0.39, 0.29) is 79.4 Å². The van der Waals surface area contributed by atoms with Crippen molar-refractivity contribution >= 4 is 54.7 Å². The number of thiophene rings is 1. The third-order valence-electron chi connectivity index (χ3n) is 9.81. The van der Waals surface area contributed by atoms with Crippen LogP contribution in [-0.2, 0) is 0 Å². The SMILES string of the molecule is N#Cc1c(N)sc2c(F)ccc(-c3c(Cl)c4c5c(nc(OC[C@@]67CCCN6C[C@H](F)C7)nc5c3F)N(C3CC(N)C3)CCO4)c12. The fraction of sp³-hybridized carbons (Fsp3) is 0.452. The van der Waals surface area contributed by atoms with E-state index in [9.17, 15) is 14.0 Å². The third-order valence-corrected chi connectivity index (χ3v) is 11.2. The first-order valence-electron chi connectivity index (χ1n) is 15.0. The molecule has 2 aromatic heterocycles. The van der Waals surface area contributed by atoms with Crippen LogP contribution in [0.15, 0.2) is 12.1 Å². The van der Waals surface area contributed by atoms with Crippen LogP contribution in [-0.4, -0.2) is 71.5 Å². The maximum atomic E-state index is 17.0. The second-order valence-electron chi connectivity index (χ2n) is 12.4. The molecule has 0 radical (unpaired) electrons. The molecule has 4 aromatic rings. The van der Waals surface area contributed by atoms with Crippen molar-refractivity contribution in [2.75, 3.05) is 43.5 Å². The smallest absolute Gasteiger partial charge is 0.319 e. The highest BCUT2D eigenvalue weighted by Gasteiger charge is 2.49. The number of hydrogen-bond donors (Lipinski definition) is 2. The molecule has 9 nitrogen and oxygen atoms in total. The number of nitrogen functional groups attached to an aromatic ring is 1. The Morgan fingerprint density at radius 2 is 2.04 bits per heavy atom. The zero-order valence-corrected chi connectivity index (χ0v) is 25.7. The van der Waals surface area contributed by atoms with E-state index in [2.05, 4.69) is 9.88 Å². The third kappa shape index (κ3) is 4.33. The average Bonchev–Trinajstić information content (AvgIpc) is 3.59. The number of fused-ring (bicyclic) bond motifs is 2. The van der Waals surface area contributed by atoms with Gasteiger partial charge in [0.15, 0.2) is 11.6 Å². The fourth-order valence-electron chi connectivity index (χ4n) is 7.63. The zero-order chi connectivity index (χ0) is 31.2. The Morgan fingerprint density at radius 1 is 1.22 bits per heavy atom. The molecule has 2 atom stereocenters. The number of nitrogens with two attached hydrogens (primary N) is 2. The highest BCUT2D eigenvalue weighted by Crippen LogP contribution is 2.51. The molecule has 5 heterocycles. The van der Waals surface area contributed by atoms with Crippen LogP contribution < -0.4 is 25.8 Å². The number of nitriles is 1. The molecule has 0 spiro atoms. The standard InChI is InChI=1S/C31H29ClF3N7O2S/c32-23-21(17-2-3-19(34)27-20(17)18(11-36)28(38)45-27)24(35)25-22-26(23)43-7-6-42(16-8-15(37)9-16)29(22)40-30(39-25)44-13-31-4-1-5-41(31)12-14(33)10-31/h2-3,14-16H,1,4-10,12-13,37-38H2/t14-,15?,16?,31+/m1/s1. The van der Waals surface area contributed by atoms with Crippen LogP contribution in [0.5, 0.6) is 11.8 Å². The molecule has 0 bridgehead atoms. The molecule has 4 N–H and O–H groups in total. The Morgan fingerprint density at radius 3 is 2.82 bits per heavy atom. The average molecular weight is 656 g/mol.